The fourth-order valence-electron chi connectivity index (χ4n) is 2.00. The number of aromatic amines is 1. The molecule has 0 spiro atoms. The Morgan fingerprint density at radius 3 is 2.63 bits per heavy atom. The number of hydrogen-bond donors (Lipinski definition) is 1. The van der Waals surface area contributed by atoms with Crippen LogP contribution in [0.1, 0.15) is 33.1 Å². The maximum atomic E-state index is 12.3. The first-order valence-corrected chi connectivity index (χ1v) is 6.18. The minimum Gasteiger partial charge on any atom is -0.334 e. The lowest BCUT2D eigenvalue weighted by Gasteiger charge is -2.16. The average molecular weight is 258 g/mol. The molecule has 1 aromatic carbocycles. The molecule has 0 aliphatic carbocycles. The molecular weight excluding hydrogens is 240 g/mol. The zero-order chi connectivity index (χ0) is 14.0. The number of hydrogen-bond acceptors (Lipinski definition) is 3. The number of H-pyrrole nitrogens is 1. The third kappa shape index (κ3) is 2.99. The molecule has 1 N–H and O–H groups in total. The van der Waals surface area contributed by atoms with E-state index in [1.54, 1.807) is 11.9 Å². The Morgan fingerprint density at radius 2 is 2.05 bits per heavy atom. The van der Waals surface area contributed by atoms with Crippen LogP contribution in [-0.4, -0.2) is 33.0 Å². The van der Waals surface area contributed by atoms with Crippen LogP contribution in [0.25, 0.3) is 0 Å². The van der Waals surface area contributed by atoms with Gasteiger partial charge in [0.15, 0.2) is 5.82 Å². The van der Waals surface area contributed by atoms with Crippen LogP contribution in [0.15, 0.2) is 18.2 Å². The fourth-order valence-corrected chi connectivity index (χ4v) is 2.00. The molecule has 1 amide bonds. The van der Waals surface area contributed by atoms with Crippen molar-refractivity contribution in [2.45, 2.75) is 27.3 Å². The summed E-state index contributed by atoms with van der Waals surface area (Å²) >= 11 is 0. The van der Waals surface area contributed by atoms with Gasteiger partial charge in [0.1, 0.15) is 5.82 Å². The molecule has 2 aromatic rings. The molecule has 0 saturated carbocycles. The number of benzene rings is 1. The second kappa shape index (κ2) is 5.22. The molecule has 0 saturated heterocycles. The van der Waals surface area contributed by atoms with Crippen LogP contribution in [0, 0.1) is 20.8 Å². The van der Waals surface area contributed by atoms with Crippen molar-refractivity contribution in [1.82, 2.24) is 20.1 Å². The normalized spacial score (nSPS) is 10.5. The van der Waals surface area contributed by atoms with Crippen LogP contribution in [0.2, 0.25) is 0 Å². The van der Waals surface area contributed by atoms with Crippen molar-refractivity contribution in [3.63, 3.8) is 0 Å². The third-order valence-electron chi connectivity index (χ3n) is 2.98. The minimum atomic E-state index is -0.0139. The van der Waals surface area contributed by atoms with E-state index in [9.17, 15) is 4.79 Å². The number of amides is 1. The first-order valence-electron chi connectivity index (χ1n) is 6.18. The lowest BCUT2D eigenvalue weighted by Crippen LogP contribution is -2.27. The Hall–Kier alpha value is -2.17. The van der Waals surface area contributed by atoms with Gasteiger partial charge >= 0.3 is 0 Å². The summed E-state index contributed by atoms with van der Waals surface area (Å²) < 4.78 is 0. The highest BCUT2D eigenvalue weighted by Gasteiger charge is 2.15. The zero-order valence-corrected chi connectivity index (χ0v) is 11.7. The molecule has 100 valence electrons. The predicted octanol–water partition coefficient (Wildman–Crippen LogP) is 2.00. The number of rotatable bonds is 3. The van der Waals surface area contributed by atoms with E-state index in [1.807, 2.05) is 39.0 Å². The monoisotopic (exact) mass is 258 g/mol. The maximum Gasteiger partial charge on any atom is 0.254 e. The van der Waals surface area contributed by atoms with Crippen LogP contribution >= 0.6 is 0 Å². The molecule has 0 bridgehead atoms. The smallest absolute Gasteiger partial charge is 0.254 e. The molecule has 2 rings (SSSR count). The first kappa shape index (κ1) is 13.3. The molecule has 5 nitrogen and oxygen atoms in total. The average Bonchev–Trinajstić information content (AvgIpc) is 2.74. The highest BCUT2D eigenvalue weighted by atomic mass is 16.2. The fraction of sp³-hybridized carbons (Fsp3) is 0.357. The molecule has 0 aliphatic rings. The lowest BCUT2D eigenvalue weighted by atomic mass is 10.0. The van der Waals surface area contributed by atoms with E-state index >= 15 is 0 Å². The summed E-state index contributed by atoms with van der Waals surface area (Å²) in [5, 5.41) is 6.81. The Morgan fingerprint density at radius 1 is 1.32 bits per heavy atom. The van der Waals surface area contributed by atoms with E-state index in [2.05, 4.69) is 15.2 Å². The molecule has 0 aliphatic heterocycles. The number of carbonyl (C=O) groups excluding carboxylic acids is 1. The topological polar surface area (TPSA) is 61.9 Å². The van der Waals surface area contributed by atoms with Crippen LogP contribution in [0.5, 0.6) is 0 Å². The van der Waals surface area contributed by atoms with Crippen molar-refractivity contribution in [2.24, 2.45) is 0 Å². The SMILES string of the molecule is Cc1ccc(C(=O)N(C)Cc2n[nH]c(C)n2)c(C)c1. The molecule has 5 heteroatoms. The molecule has 0 radical (unpaired) electrons. The van der Waals surface area contributed by atoms with Gasteiger partial charge in [-0.05, 0) is 32.4 Å². The van der Waals surface area contributed by atoms with E-state index in [0.717, 1.165) is 22.5 Å². The lowest BCUT2D eigenvalue weighted by molar-refractivity contribution is 0.0781. The van der Waals surface area contributed by atoms with Crippen LogP contribution < -0.4 is 0 Å². The van der Waals surface area contributed by atoms with Gasteiger partial charge in [-0.2, -0.15) is 5.10 Å². The van der Waals surface area contributed by atoms with E-state index in [1.165, 1.54) is 0 Å². The Balaban J connectivity index is 2.14. The second-order valence-electron chi connectivity index (χ2n) is 4.82. The van der Waals surface area contributed by atoms with Crippen LogP contribution in [-0.2, 0) is 6.54 Å². The van der Waals surface area contributed by atoms with Gasteiger partial charge in [0.25, 0.3) is 5.91 Å². The standard InChI is InChI=1S/C14H18N4O/c1-9-5-6-12(10(2)7-9)14(19)18(4)8-13-15-11(3)16-17-13/h5-7H,8H2,1-4H3,(H,15,16,17). The largest absolute Gasteiger partial charge is 0.334 e. The van der Waals surface area contributed by atoms with E-state index in [0.29, 0.717) is 12.4 Å². The maximum absolute atomic E-state index is 12.3. The Labute approximate surface area is 112 Å². The van der Waals surface area contributed by atoms with Crippen LogP contribution in [0.4, 0.5) is 0 Å². The van der Waals surface area contributed by atoms with Crippen molar-refractivity contribution < 1.29 is 4.79 Å². The van der Waals surface area contributed by atoms with Gasteiger partial charge in [0.05, 0.1) is 6.54 Å². The number of aryl methyl sites for hydroxylation is 3. The van der Waals surface area contributed by atoms with Gasteiger partial charge in [0.2, 0.25) is 0 Å². The summed E-state index contributed by atoms with van der Waals surface area (Å²) in [7, 11) is 1.76. The van der Waals surface area contributed by atoms with Crippen molar-refractivity contribution in [1.29, 1.82) is 0 Å². The highest BCUT2D eigenvalue weighted by Crippen LogP contribution is 2.13. The quantitative estimate of drug-likeness (QED) is 0.916. The molecule has 0 fully saturated rings. The van der Waals surface area contributed by atoms with E-state index in [-0.39, 0.29) is 5.91 Å². The summed E-state index contributed by atoms with van der Waals surface area (Å²) in [5.74, 6) is 1.36. The van der Waals surface area contributed by atoms with Gasteiger partial charge in [0, 0.05) is 12.6 Å². The van der Waals surface area contributed by atoms with Crippen molar-refractivity contribution >= 4 is 5.91 Å². The van der Waals surface area contributed by atoms with Gasteiger partial charge in [-0.3, -0.25) is 9.89 Å². The number of carbonyl (C=O) groups is 1. The van der Waals surface area contributed by atoms with E-state index < -0.39 is 0 Å². The summed E-state index contributed by atoms with van der Waals surface area (Å²) in [4.78, 5) is 18.2. The Bertz CT molecular complexity index is 603. The first-order chi connectivity index (χ1) is 8.97. The van der Waals surface area contributed by atoms with Crippen molar-refractivity contribution in [2.75, 3.05) is 7.05 Å². The van der Waals surface area contributed by atoms with Crippen LogP contribution in [0.3, 0.4) is 0 Å². The Kier molecular flexibility index (Phi) is 3.64. The highest BCUT2D eigenvalue weighted by molar-refractivity contribution is 5.95. The molecular formula is C14H18N4O. The number of nitrogens with one attached hydrogen (secondary N) is 1. The van der Waals surface area contributed by atoms with Gasteiger partial charge in [-0.1, -0.05) is 17.7 Å². The number of aromatic nitrogens is 3. The molecule has 0 atom stereocenters. The predicted molar refractivity (Wildman–Crippen MR) is 72.8 cm³/mol. The number of nitrogens with zero attached hydrogens (tertiary/aromatic N) is 3. The molecule has 0 unspecified atom stereocenters. The van der Waals surface area contributed by atoms with Crippen molar-refractivity contribution in [3.8, 4) is 0 Å². The molecule has 19 heavy (non-hydrogen) atoms. The third-order valence-corrected chi connectivity index (χ3v) is 2.98. The summed E-state index contributed by atoms with van der Waals surface area (Å²) in [5.41, 5.74) is 2.87. The zero-order valence-electron chi connectivity index (χ0n) is 11.7. The summed E-state index contributed by atoms with van der Waals surface area (Å²) in [6.45, 7) is 6.20. The van der Waals surface area contributed by atoms with E-state index in [4.69, 9.17) is 0 Å². The minimum absolute atomic E-state index is 0.0139. The van der Waals surface area contributed by atoms with Crippen molar-refractivity contribution in [3.05, 3.63) is 46.5 Å². The van der Waals surface area contributed by atoms with Gasteiger partial charge < -0.3 is 4.90 Å². The van der Waals surface area contributed by atoms with Gasteiger partial charge in [-0.15, -0.1) is 0 Å². The van der Waals surface area contributed by atoms with Gasteiger partial charge in [-0.25, -0.2) is 4.98 Å². The second-order valence-corrected chi connectivity index (χ2v) is 4.82. The summed E-state index contributed by atoms with van der Waals surface area (Å²) in [6.07, 6.45) is 0. The summed E-state index contributed by atoms with van der Waals surface area (Å²) in [6, 6.07) is 5.83. The molecule has 1 aromatic heterocycles. The molecule has 1 heterocycles.